The molecule has 1 fully saturated rings. The zero-order valence-electron chi connectivity index (χ0n) is 12.4. The van der Waals surface area contributed by atoms with E-state index in [4.69, 9.17) is 11.6 Å². The van der Waals surface area contributed by atoms with E-state index in [0.29, 0.717) is 36.0 Å². The molecule has 0 radical (unpaired) electrons. The monoisotopic (exact) mass is 378 g/mol. The van der Waals surface area contributed by atoms with Crippen molar-refractivity contribution in [3.63, 3.8) is 0 Å². The second-order valence-electron chi connectivity index (χ2n) is 5.50. The highest BCUT2D eigenvalue weighted by atomic mass is 35.5. The van der Waals surface area contributed by atoms with Gasteiger partial charge in [-0.25, -0.2) is 9.78 Å². The van der Waals surface area contributed by atoms with E-state index in [-0.39, 0.29) is 17.8 Å². The Morgan fingerprint density at radius 2 is 2.29 bits per heavy atom. The number of nitrogens with zero attached hydrogens (tertiary/aromatic N) is 2. The molecule has 1 saturated heterocycles. The smallest absolute Gasteiger partial charge is 0.338 e. The number of anilines is 1. The summed E-state index contributed by atoms with van der Waals surface area (Å²) in [7, 11) is 0. The third-order valence-electron chi connectivity index (χ3n) is 3.86. The summed E-state index contributed by atoms with van der Waals surface area (Å²) < 4.78 is 38.5. The molecule has 2 aromatic rings. The number of hydrogen-bond acceptors (Lipinski definition) is 3. The summed E-state index contributed by atoms with van der Waals surface area (Å²) in [5.41, 5.74) is -0.338. The van der Waals surface area contributed by atoms with Crippen LogP contribution in [0.25, 0.3) is 0 Å². The van der Waals surface area contributed by atoms with E-state index < -0.39 is 11.9 Å². The highest BCUT2D eigenvalue weighted by Gasteiger charge is 2.34. The number of piperidine rings is 1. The maximum atomic E-state index is 12.7. The van der Waals surface area contributed by atoms with Crippen LogP contribution in [0.4, 0.5) is 23.7 Å². The van der Waals surface area contributed by atoms with Crippen molar-refractivity contribution in [1.82, 2.24) is 14.9 Å². The van der Waals surface area contributed by atoms with Gasteiger partial charge in [0.1, 0.15) is 15.9 Å². The summed E-state index contributed by atoms with van der Waals surface area (Å²) in [5, 5.41) is 4.48. The Balaban J connectivity index is 1.67. The minimum Gasteiger partial charge on any atom is -0.338 e. The summed E-state index contributed by atoms with van der Waals surface area (Å²) >= 11 is 7.26. The largest absolute Gasteiger partial charge is 0.432 e. The van der Waals surface area contributed by atoms with Crippen molar-refractivity contribution in [3.05, 3.63) is 33.5 Å². The van der Waals surface area contributed by atoms with Crippen molar-refractivity contribution in [3.8, 4) is 0 Å². The molecule has 0 spiro atoms. The molecule has 0 saturated carbocycles. The molecule has 2 N–H and O–H groups in total. The molecule has 0 aliphatic carbocycles. The van der Waals surface area contributed by atoms with E-state index >= 15 is 0 Å². The number of alkyl halides is 3. The number of hydrogen-bond donors (Lipinski definition) is 2. The first-order chi connectivity index (χ1) is 11.3. The van der Waals surface area contributed by atoms with E-state index in [9.17, 15) is 18.0 Å². The summed E-state index contributed by atoms with van der Waals surface area (Å²) in [6, 6.07) is 1.39. The number of nitrogens with one attached hydrogen (secondary N) is 2. The number of H-pyrrole nitrogens is 1. The standard InChI is InChI=1S/C14H14ClF3N4OS/c15-11-9(3-5-24-11)20-13(23)22-4-1-2-8(7-22)12-19-6-10(21-12)14(16,17)18/h3,5-6,8H,1-2,4,7H2,(H,19,21)(H,20,23). The van der Waals surface area contributed by atoms with Gasteiger partial charge in [0.15, 0.2) is 0 Å². The van der Waals surface area contributed by atoms with Crippen molar-refractivity contribution in [2.75, 3.05) is 18.4 Å². The number of urea groups is 1. The molecular formula is C14H14ClF3N4OS. The number of thiophene rings is 1. The van der Waals surface area contributed by atoms with Crippen LogP contribution < -0.4 is 5.32 Å². The van der Waals surface area contributed by atoms with Crippen LogP contribution >= 0.6 is 22.9 Å². The Labute approximate surface area is 144 Å². The highest BCUT2D eigenvalue weighted by molar-refractivity contribution is 7.15. The topological polar surface area (TPSA) is 61.0 Å². The van der Waals surface area contributed by atoms with Crippen molar-refractivity contribution < 1.29 is 18.0 Å². The van der Waals surface area contributed by atoms with Crippen LogP contribution in [0.5, 0.6) is 0 Å². The summed E-state index contributed by atoms with van der Waals surface area (Å²) in [5.74, 6) is 0.00642. The van der Waals surface area contributed by atoms with Crippen LogP contribution in [0, 0.1) is 0 Å². The summed E-state index contributed by atoms with van der Waals surface area (Å²) in [6.45, 7) is 0.843. The zero-order chi connectivity index (χ0) is 17.3. The van der Waals surface area contributed by atoms with Crippen LogP contribution in [0.2, 0.25) is 4.34 Å². The van der Waals surface area contributed by atoms with Crippen LogP contribution in [0.3, 0.4) is 0 Å². The van der Waals surface area contributed by atoms with Gasteiger partial charge in [0.2, 0.25) is 0 Å². The van der Waals surface area contributed by atoms with Gasteiger partial charge in [-0.1, -0.05) is 11.6 Å². The van der Waals surface area contributed by atoms with E-state index in [1.807, 2.05) is 0 Å². The molecule has 5 nitrogen and oxygen atoms in total. The number of halogens is 4. The lowest BCUT2D eigenvalue weighted by atomic mass is 9.97. The molecule has 0 bridgehead atoms. The number of aromatic nitrogens is 2. The van der Waals surface area contributed by atoms with Gasteiger partial charge in [-0.3, -0.25) is 0 Å². The Bertz CT molecular complexity index is 730. The average Bonchev–Trinajstić information content (AvgIpc) is 3.17. The number of imidazole rings is 1. The van der Waals surface area contributed by atoms with Crippen molar-refractivity contribution >= 4 is 34.7 Å². The van der Waals surface area contributed by atoms with Gasteiger partial charge in [-0.15, -0.1) is 11.3 Å². The molecule has 1 aliphatic heterocycles. The normalized spacial score (nSPS) is 18.7. The van der Waals surface area contributed by atoms with E-state index in [2.05, 4.69) is 15.3 Å². The van der Waals surface area contributed by atoms with Crippen molar-refractivity contribution in [2.45, 2.75) is 24.9 Å². The zero-order valence-corrected chi connectivity index (χ0v) is 13.9. The lowest BCUT2D eigenvalue weighted by Gasteiger charge is -2.31. The molecule has 3 heterocycles. The van der Waals surface area contributed by atoms with Gasteiger partial charge < -0.3 is 15.2 Å². The Kier molecular flexibility index (Phi) is 4.73. The van der Waals surface area contributed by atoms with Gasteiger partial charge >= 0.3 is 12.2 Å². The molecule has 2 amide bonds. The molecule has 2 aromatic heterocycles. The van der Waals surface area contributed by atoms with E-state index in [1.54, 1.807) is 16.3 Å². The third kappa shape index (κ3) is 3.67. The number of carbonyl (C=O) groups excluding carboxylic acids is 1. The molecule has 1 aliphatic rings. The fourth-order valence-corrected chi connectivity index (χ4v) is 3.48. The molecule has 10 heteroatoms. The number of rotatable bonds is 2. The van der Waals surface area contributed by atoms with Crippen LogP contribution in [0.15, 0.2) is 17.6 Å². The van der Waals surface area contributed by atoms with Crippen molar-refractivity contribution in [2.24, 2.45) is 0 Å². The molecular weight excluding hydrogens is 365 g/mol. The number of amides is 2. The first kappa shape index (κ1) is 17.1. The van der Waals surface area contributed by atoms with Crippen LogP contribution in [0.1, 0.15) is 30.3 Å². The number of likely N-dealkylation sites (tertiary alicyclic amines) is 1. The molecule has 24 heavy (non-hydrogen) atoms. The van der Waals surface area contributed by atoms with Crippen LogP contribution in [-0.2, 0) is 6.18 Å². The summed E-state index contributed by atoms with van der Waals surface area (Å²) in [6.07, 6.45) is -2.29. The van der Waals surface area contributed by atoms with Gasteiger partial charge in [-0.05, 0) is 24.3 Å². The first-order valence-corrected chi connectivity index (χ1v) is 8.51. The fraction of sp³-hybridized carbons (Fsp3) is 0.429. The number of aromatic amines is 1. The van der Waals surface area contributed by atoms with Crippen LogP contribution in [-0.4, -0.2) is 34.0 Å². The molecule has 3 rings (SSSR count). The Morgan fingerprint density at radius 1 is 1.50 bits per heavy atom. The van der Waals surface area contributed by atoms with E-state index in [0.717, 1.165) is 6.20 Å². The molecule has 130 valence electrons. The number of carbonyl (C=O) groups is 1. The Hall–Kier alpha value is -1.74. The van der Waals surface area contributed by atoms with Gasteiger partial charge in [0.25, 0.3) is 0 Å². The van der Waals surface area contributed by atoms with E-state index in [1.165, 1.54) is 11.3 Å². The first-order valence-electron chi connectivity index (χ1n) is 7.25. The van der Waals surface area contributed by atoms with Gasteiger partial charge in [0, 0.05) is 19.0 Å². The minimum atomic E-state index is -4.45. The quantitative estimate of drug-likeness (QED) is 0.805. The van der Waals surface area contributed by atoms with Gasteiger partial charge in [0.05, 0.1) is 11.9 Å². The minimum absolute atomic E-state index is 0.251. The molecule has 0 aromatic carbocycles. The fourth-order valence-electron chi connectivity index (χ4n) is 2.65. The summed E-state index contributed by atoms with van der Waals surface area (Å²) in [4.78, 5) is 20.0. The molecule has 1 unspecified atom stereocenters. The highest BCUT2D eigenvalue weighted by Crippen LogP contribution is 2.32. The predicted molar refractivity (Wildman–Crippen MR) is 85.5 cm³/mol. The maximum Gasteiger partial charge on any atom is 0.432 e. The lowest BCUT2D eigenvalue weighted by molar-refractivity contribution is -0.141. The second kappa shape index (κ2) is 6.64. The molecule has 1 atom stereocenters. The maximum absolute atomic E-state index is 12.7. The average molecular weight is 379 g/mol. The predicted octanol–water partition coefficient (Wildman–Crippen LogP) is 4.55. The second-order valence-corrected chi connectivity index (χ2v) is 7.02. The Morgan fingerprint density at radius 3 is 2.92 bits per heavy atom. The SMILES string of the molecule is O=C(Nc1ccsc1Cl)N1CCCC(c2ncc(C(F)(F)F)[nH]2)C1. The lowest BCUT2D eigenvalue weighted by Crippen LogP contribution is -2.41. The third-order valence-corrected chi connectivity index (χ3v) is 5.03. The van der Waals surface area contributed by atoms with Crippen molar-refractivity contribution in [1.29, 1.82) is 0 Å². The van der Waals surface area contributed by atoms with Gasteiger partial charge in [-0.2, -0.15) is 13.2 Å².